The molecule has 0 atom stereocenters. The number of aromatic nitrogens is 2. The van der Waals surface area contributed by atoms with Gasteiger partial charge in [0.1, 0.15) is 23.0 Å². The topological polar surface area (TPSA) is 85.5 Å². The van der Waals surface area contributed by atoms with Gasteiger partial charge in [0.25, 0.3) is 0 Å². The highest BCUT2D eigenvalue weighted by atomic mass is 16.5. The summed E-state index contributed by atoms with van der Waals surface area (Å²) in [6.07, 6.45) is 1.18. The SMILES string of the molecule is CCOC(=O)c1c(C(C)(C)C)oc2ncnc(O)c12. The zero-order valence-electron chi connectivity index (χ0n) is 11.4. The summed E-state index contributed by atoms with van der Waals surface area (Å²) in [5.41, 5.74) is -0.0437. The van der Waals surface area contributed by atoms with Gasteiger partial charge in [0.15, 0.2) is 0 Å². The number of aromatic hydroxyl groups is 1. The number of carbonyl (C=O) groups is 1. The van der Waals surface area contributed by atoms with Gasteiger partial charge in [0, 0.05) is 5.41 Å². The van der Waals surface area contributed by atoms with Crippen LogP contribution in [0.5, 0.6) is 5.88 Å². The maximum Gasteiger partial charge on any atom is 0.342 e. The van der Waals surface area contributed by atoms with Crippen molar-refractivity contribution in [1.29, 1.82) is 0 Å². The van der Waals surface area contributed by atoms with Gasteiger partial charge in [-0.25, -0.2) is 14.8 Å². The number of furan rings is 1. The maximum absolute atomic E-state index is 12.1. The van der Waals surface area contributed by atoms with Gasteiger partial charge in [-0.15, -0.1) is 0 Å². The summed E-state index contributed by atoms with van der Waals surface area (Å²) in [5, 5.41) is 10.0. The summed E-state index contributed by atoms with van der Waals surface area (Å²) in [7, 11) is 0. The normalized spacial score (nSPS) is 11.8. The molecule has 102 valence electrons. The van der Waals surface area contributed by atoms with Crippen LogP contribution < -0.4 is 0 Å². The van der Waals surface area contributed by atoms with Crippen LogP contribution in [-0.4, -0.2) is 27.7 Å². The second-order valence-electron chi connectivity index (χ2n) is 5.15. The van der Waals surface area contributed by atoms with Crippen molar-refractivity contribution in [1.82, 2.24) is 9.97 Å². The van der Waals surface area contributed by atoms with Crippen LogP contribution in [0.2, 0.25) is 0 Å². The zero-order chi connectivity index (χ0) is 14.2. The Kier molecular flexibility index (Phi) is 3.18. The lowest BCUT2D eigenvalue weighted by atomic mass is 9.90. The Morgan fingerprint density at radius 1 is 1.42 bits per heavy atom. The molecule has 0 unspecified atom stereocenters. The Labute approximate surface area is 110 Å². The van der Waals surface area contributed by atoms with Crippen LogP contribution in [0.3, 0.4) is 0 Å². The number of rotatable bonds is 2. The number of fused-ring (bicyclic) bond motifs is 1. The fourth-order valence-electron chi connectivity index (χ4n) is 1.84. The van der Waals surface area contributed by atoms with Crippen molar-refractivity contribution in [2.75, 3.05) is 6.61 Å². The zero-order valence-corrected chi connectivity index (χ0v) is 11.4. The first-order valence-electron chi connectivity index (χ1n) is 6.00. The highest BCUT2D eigenvalue weighted by Gasteiger charge is 2.32. The van der Waals surface area contributed by atoms with Crippen LogP contribution in [0, 0.1) is 0 Å². The quantitative estimate of drug-likeness (QED) is 0.838. The average Bonchev–Trinajstić information content (AvgIpc) is 2.70. The first-order valence-corrected chi connectivity index (χ1v) is 6.00. The van der Waals surface area contributed by atoms with Crippen molar-refractivity contribution in [3.05, 3.63) is 17.7 Å². The molecule has 6 heteroatoms. The number of hydrogen-bond acceptors (Lipinski definition) is 6. The van der Waals surface area contributed by atoms with Crippen molar-refractivity contribution in [2.24, 2.45) is 0 Å². The summed E-state index contributed by atoms with van der Waals surface area (Å²) in [6.45, 7) is 7.66. The van der Waals surface area contributed by atoms with Crippen molar-refractivity contribution < 1.29 is 19.1 Å². The molecule has 6 nitrogen and oxygen atoms in total. The van der Waals surface area contributed by atoms with Gasteiger partial charge in [-0.2, -0.15) is 0 Å². The highest BCUT2D eigenvalue weighted by Crippen LogP contribution is 2.36. The molecular formula is C13H16N2O4. The highest BCUT2D eigenvalue weighted by molar-refractivity contribution is 6.05. The van der Waals surface area contributed by atoms with E-state index >= 15 is 0 Å². The van der Waals surface area contributed by atoms with E-state index in [9.17, 15) is 9.90 Å². The van der Waals surface area contributed by atoms with Gasteiger partial charge < -0.3 is 14.3 Å². The second kappa shape index (κ2) is 4.53. The molecule has 0 radical (unpaired) electrons. The standard InChI is InChI=1S/C13H16N2O4/c1-5-18-12(17)7-8-10(16)14-6-15-11(8)19-9(7)13(2,3)4/h6H,5H2,1-4H3,(H,14,15,16). The second-order valence-corrected chi connectivity index (χ2v) is 5.15. The Balaban J connectivity index is 2.78. The molecule has 2 heterocycles. The smallest absolute Gasteiger partial charge is 0.342 e. The van der Waals surface area contributed by atoms with E-state index in [2.05, 4.69) is 9.97 Å². The fourth-order valence-corrected chi connectivity index (χ4v) is 1.84. The van der Waals surface area contributed by atoms with Gasteiger partial charge in [-0.3, -0.25) is 0 Å². The van der Waals surface area contributed by atoms with E-state index in [1.54, 1.807) is 6.92 Å². The van der Waals surface area contributed by atoms with Crippen LogP contribution in [-0.2, 0) is 10.2 Å². The van der Waals surface area contributed by atoms with Crippen molar-refractivity contribution in [3.63, 3.8) is 0 Å². The minimum atomic E-state index is -0.545. The molecule has 0 saturated carbocycles. The van der Waals surface area contributed by atoms with Gasteiger partial charge in [-0.1, -0.05) is 20.8 Å². The van der Waals surface area contributed by atoms with E-state index in [1.807, 2.05) is 20.8 Å². The first kappa shape index (κ1) is 13.3. The third-order valence-electron chi connectivity index (χ3n) is 2.63. The van der Waals surface area contributed by atoms with Gasteiger partial charge >= 0.3 is 5.97 Å². The van der Waals surface area contributed by atoms with E-state index < -0.39 is 11.4 Å². The molecule has 2 rings (SSSR count). The molecule has 0 bridgehead atoms. The average molecular weight is 264 g/mol. The number of esters is 1. The van der Waals surface area contributed by atoms with Crippen LogP contribution in [0.25, 0.3) is 11.1 Å². The molecule has 0 spiro atoms. The van der Waals surface area contributed by atoms with E-state index in [0.717, 1.165) is 0 Å². The van der Waals surface area contributed by atoms with Crippen molar-refractivity contribution >= 4 is 17.1 Å². The van der Waals surface area contributed by atoms with E-state index in [4.69, 9.17) is 9.15 Å². The summed E-state index contributed by atoms with van der Waals surface area (Å²) < 4.78 is 10.6. The molecule has 19 heavy (non-hydrogen) atoms. The van der Waals surface area contributed by atoms with Gasteiger partial charge in [-0.05, 0) is 6.92 Å². The van der Waals surface area contributed by atoms with Crippen LogP contribution in [0.15, 0.2) is 10.7 Å². The number of ether oxygens (including phenoxy) is 1. The van der Waals surface area contributed by atoms with Crippen molar-refractivity contribution in [2.45, 2.75) is 33.1 Å². The molecule has 2 aromatic heterocycles. The molecule has 2 aromatic rings. The Morgan fingerprint density at radius 3 is 2.68 bits per heavy atom. The van der Waals surface area contributed by atoms with Crippen LogP contribution in [0.4, 0.5) is 0 Å². The van der Waals surface area contributed by atoms with Crippen LogP contribution >= 0.6 is 0 Å². The third kappa shape index (κ3) is 2.25. The largest absolute Gasteiger partial charge is 0.493 e. The first-order chi connectivity index (χ1) is 8.86. The lowest BCUT2D eigenvalue weighted by molar-refractivity contribution is 0.0523. The molecule has 0 saturated heterocycles. The minimum Gasteiger partial charge on any atom is -0.493 e. The predicted octanol–water partition coefficient (Wildman–Crippen LogP) is 2.40. The van der Waals surface area contributed by atoms with E-state index in [0.29, 0.717) is 5.76 Å². The summed E-state index contributed by atoms with van der Waals surface area (Å²) in [6, 6.07) is 0. The van der Waals surface area contributed by atoms with Crippen LogP contribution in [0.1, 0.15) is 43.8 Å². The molecule has 0 fully saturated rings. The Bertz CT molecular complexity index is 625. The van der Waals surface area contributed by atoms with E-state index in [1.165, 1.54) is 6.33 Å². The monoisotopic (exact) mass is 264 g/mol. The number of nitrogens with zero attached hydrogens (tertiary/aromatic N) is 2. The maximum atomic E-state index is 12.1. The molecule has 0 aliphatic rings. The lowest BCUT2D eigenvalue weighted by Gasteiger charge is -2.16. The Hall–Kier alpha value is -2.11. The van der Waals surface area contributed by atoms with Crippen molar-refractivity contribution in [3.8, 4) is 5.88 Å². The van der Waals surface area contributed by atoms with E-state index in [-0.39, 0.29) is 29.2 Å². The summed E-state index contributed by atoms with van der Waals surface area (Å²) in [5.74, 6) is -0.402. The third-order valence-corrected chi connectivity index (χ3v) is 2.63. The fraction of sp³-hybridized carbons (Fsp3) is 0.462. The summed E-state index contributed by atoms with van der Waals surface area (Å²) >= 11 is 0. The van der Waals surface area contributed by atoms with Gasteiger partial charge in [0.05, 0.1) is 6.61 Å². The number of hydrogen-bond donors (Lipinski definition) is 1. The molecular weight excluding hydrogens is 248 g/mol. The molecule has 0 aromatic carbocycles. The minimum absolute atomic E-state index is 0.181. The van der Waals surface area contributed by atoms with Gasteiger partial charge in [0.2, 0.25) is 11.6 Å². The predicted molar refractivity (Wildman–Crippen MR) is 68.1 cm³/mol. The summed E-state index contributed by atoms with van der Waals surface area (Å²) in [4.78, 5) is 19.7. The molecule has 0 amide bonds. The number of carbonyl (C=O) groups excluding carboxylic acids is 1. The molecule has 1 N–H and O–H groups in total. The molecule has 0 aliphatic carbocycles. The molecule has 0 aliphatic heterocycles. The lowest BCUT2D eigenvalue weighted by Crippen LogP contribution is -2.16. The Morgan fingerprint density at radius 2 is 2.11 bits per heavy atom.